The molecule has 0 bridgehead atoms. The Kier molecular flexibility index (Phi) is 6.39. The fraction of sp³-hybridized carbons (Fsp3) is 0.348. The van der Waals surface area contributed by atoms with E-state index in [0.29, 0.717) is 31.4 Å². The number of ether oxygens (including phenoxy) is 1. The van der Waals surface area contributed by atoms with Gasteiger partial charge in [0.25, 0.3) is 5.91 Å². The molecular formula is C23H26N4O3. The molecule has 1 aromatic carbocycles. The van der Waals surface area contributed by atoms with E-state index in [0.717, 1.165) is 42.9 Å². The van der Waals surface area contributed by atoms with E-state index in [1.807, 2.05) is 24.3 Å². The molecule has 1 saturated carbocycles. The van der Waals surface area contributed by atoms with Crippen LogP contribution >= 0.6 is 0 Å². The molecule has 2 heterocycles. The van der Waals surface area contributed by atoms with Gasteiger partial charge in [-0.2, -0.15) is 0 Å². The zero-order chi connectivity index (χ0) is 20.8. The van der Waals surface area contributed by atoms with Crippen molar-refractivity contribution in [3.8, 4) is 0 Å². The van der Waals surface area contributed by atoms with Gasteiger partial charge in [0.15, 0.2) is 0 Å². The van der Waals surface area contributed by atoms with Gasteiger partial charge in [0, 0.05) is 43.5 Å². The Hall–Kier alpha value is -3.19. The Bertz CT molecular complexity index is 916. The maximum Gasteiger partial charge on any atom is 0.251 e. The first kappa shape index (κ1) is 20.1. The Balaban J connectivity index is 1.27. The van der Waals surface area contributed by atoms with Gasteiger partial charge in [-0.05, 0) is 54.3 Å². The van der Waals surface area contributed by atoms with Crippen LogP contribution in [0.2, 0.25) is 0 Å². The quantitative estimate of drug-likeness (QED) is 0.689. The van der Waals surface area contributed by atoms with E-state index < -0.39 is 0 Å². The van der Waals surface area contributed by atoms with E-state index in [1.54, 1.807) is 24.4 Å². The van der Waals surface area contributed by atoms with E-state index in [-0.39, 0.29) is 11.8 Å². The molecule has 0 atom stereocenters. The zero-order valence-electron chi connectivity index (χ0n) is 16.8. The van der Waals surface area contributed by atoms with Gasteiger partial charge < -0.3 is 20.3 Å². The second kappa shape index (κ2) is 9.54. The molecule has 2 N–H and O–H groups in total. The van der Waals surface area contributed by atoms with Crippen molar-refractivity contribution in [2.45, 2.75) is 25.4 Å². The largest absolute Gasteiger partial charge is 0.378 e. The van der Waals surface area contributed by atoms with Crippen molar-refractivity contribution in [3.63, 3.8) is 0 Å². The first-order valence-electron chi connectivity index (χ1n) is 10.3. The number of amides is 2. The topological polar surface area (TPSA) is 83.6 Å². The minimum atomic E-state index is -0.171. The van der Waals surface area contributed by atoms with Gasteiger partial charge in [-0.25, -0.2) is 4.98 Å². The minimum absolute atomic E-state index is 0.0421. The lowest BCUT2D eigenvalue weighted by Crippen LogP contribution is -2.36. The smallest absolute Gasteiger partial charge is 0.251 e. The number of aromatic nitrogens is 1. The van der Waals surface area contributed by atoms with Crippen LogP contribution in [0.1, 0.15) is 34.3 Å². The number of hydrogen-bond acceptors (Lipinski definition) is 5. The van der Waals surface area contributed by atoms with Crippen molar-refractivity contribution in [2.24, 2.45) is 0 Å². The average molecular weight is 406 g/mol. The normalized spacial score (nSPS) is 16.5. The minimum Gasteiger partial charge on any atom is -0.378 e. The van der Waals surface area contributed by atoms with Crippen molar-refractivity contribution in [3.05, 3.63) is 65.4 Å². The number of carbonyl (C=O) groups excluding carboxylic acids is 2. The van der Waals surface area contributed by atoms with Crippen LogP contribution in [0.3, 0.4) is 0 Å². The molecule has 2 amide bonds. The Labute approximate surface area is 176 Å². The number of nitrogens with one attached hydrogen (secondary N) is 2. The molecule has 7 heteroatoms. The molecule has 30 heavy (non-hydrogen) atoms. The van der Waals surface area contributed by atoms with Crippen molar-refractivity contribution >= 4 is 23.7 Å². The molecule has 4 rings (SSSR count). The van der Waals surface area contributed by atoms with E-state index in [4.69, 9.17) is 4.74 Å². The van der Waals surface area contributed by atoms with Crippen LogP contribution in [-0.2, 0) is 16.1 Å². The molecule has 1 aromatic heterocycles. The summed E-state index contributed by atoms with van der Waals surface area (Å²) in [7, 11) is 0. The van der Waals surface area contributed by atoms with Crippen molar-refractivity contribution in [2.75, 3.05) is 31.2 Å². The highest BCUT2D eigenvalue weighted by Gasteiger charge is 2.23. The first-order valence-corrected chi connectivity index (χ1v) is 10.3. The Morgan fingerprint density at radius 3 is 2.63 bits per heavy atom. The maximum atomic E-state index is 12.2. The molecular weight excluding hydrogens is 380 g/mol. The summed E-state index contributed by atoms with van der Waals surface area (Å²) in [6.45, 7) is 3.50. The van der Waals surface area contributed by atoms with E-state index in [1.165, 1.54) is 6.08 Å². The van der Waals surface area contributed by atoms with Crippen LogP contribution in [0.15, 0.2) is 48.7 Å². The zero-order valence-corrected chi connectivity index (χ0v) is 16.8. The van der Waals surface area contributed by atoms with E-state index in [9.17, 15) is 9.59 Å². The van der Waals surface area contributed by atoms with Crippen LogP contribution in [-0.4, -0.2) is 49.1 Å². The van der Waals surface area contributed by atoms with Gasteiger partial charge in [0.05, 0.1) is 13.2 Å². The molecule has 2 fully saturated rings. The molecule has 0 radical (unpaired) electrons. The Morgan fingerprint density at radius 2 is 1.90 bits per heavy atom. The van der Waals surface area contributed by atoms with Crippen LogP contribution in [0, 0.1) is 0 Å². The van der Waals surface area contributed by atoms with Gasteiger partial charge in [0.1, 0.15) is 5.82 Å². The third-order valence-electron chi connectivity index (χ3n) is 5.12. The standard InChI is InChI=1S/C23H26N4O3/c28-22(8-3-17-1-4-19(5-2-17)23(29)26-20-6-7-20)25-16-18-9-10-24-21(15-18)27-11-13-30-14-12-27/h1-5,8-10,15,20H,6-7,11-14,16H2,(H,25,28)(H,26,29)/b8-3+. The molecule has 2 aromatic rings. The second-order valence-corrected chi connectivity index (χ2v) is 7.54. The number of pyridine rings is 1. The maximum absolute atomic E-state index is 12.2. The van der Waals surface area contributed by atoms with E-state index >= 15 is 0 Å². The summed E-state index contributed by atoms with van der Waals surface area (Å²) in [5, 5.41) is 5.86. The number of carbonyl (C=O) groups is 2. The number of nitrogens with zero attached hydrogens (tertiary/aromatic N) is 2. The monoisotopic (exact) mass is 406 g/mol. The summed E-state index contributed by atoms with van der Waals surface area (Å²) in [4.78, 5) is 30.8. The van der Waals surface area contributed by atoms with Gasteiger partial charge in [-0.3, -0.25) is 9.59 Å². The summed E-state index contributed by atoms with van der Waals surface area (Å²) in [5.74, 6) is 0.696. The highest BCUT2D eigenvalue weighted by molar-refractivity contribution is 5.95. The molecule has 156 valence electrons. The lowest BCUT2D eigenvalue weighted by atomic mass is 10.1. The number of morpholine rings is 1. The van der Waals surface area contributed by atoms with Crippen molar-refractivity contribution in [1.29, 1.82) is 0 Å². The molecule has 7 nitrogen and oxygen atoms in total. The van der Waals surface area contributed by atoms with Gasteiger partial charge >= 0.3 is 0 Å². The predicted molar refractivity (Wildman–Crippen MR) is 115 cm³/mol. The number of anilines is 1. The fourth-order valence-corrected chi connectivity index (χ4v) is 3.20. The Morgan fingerprint density at radius 1 is 1.13 bits per heavy atom. The summed E-state index contributed by atoms with van der Waals surface area (Å²) in [6, 6.07) is 11.5. The van der Waals surface area contributed by atoms with Crippen molar-refractivity contribution < 1.29 is 14.3 Å². The van der Waals surface area contributed by atoms with Gasteiger partial charge in [-0.15, -0.1) is 0 Å². The SMILES string of the molecule is O=C(/C=C/c1ccc(C(=O)NC2CC2)cc1)NCc1ccnc(N2CCOCC2)c1. The molecule has 1 aliphatic heterocycles. The van der Waals surface area contributed by atoms with Crippen LogP contribution < -0.4 is 15.5 Å². The molecule has 0 spiro atoms. The summed E-state index contributed by atoms with van der Waals surface area (Å²) < 4.78 is 5.38. The highest BCUT2D eigenvalue weighted by Crippen LogP contribution is 2.19. The first-order chi connectivity index (χ1) is 14.7. The molecule has 0 unspecified atom stereocenters. The predicted octanol–water partition coefficient (Wildman–Crippen LogP) is 2.14. The number of hydrogen-bond donors (Lipinski definition) is 2. The number of benzene rings is 1. The van der Waals surface area contributed by atoms with Gasteiger partial charge in [0.2, 0.25) is 5.91 Å². The van der Waals surface area contributed by atoms with Crippen LogP contribution in [0.4, 0.5) is 5.82 Å². The van der Waals surface area contributed by atoms with Crippen LogP contribution in [0.25, 0.3) is 6.08 Å². The molecule has 1 saturated heterocycles. The lowest BCUT2D eigenvalue weighted by Gasteiger charge is -2.28. The van der Waals surface area contributed by atoms with Crippen molar-refractivity contribution in [1.82, 2.24) is 15.6 Å². The summed E-state index contributed by atoms with van der Waals surface area (Å²) >= 11 is 0. The highest BCUT2D eigenvalue weighted by atomic mass is 16.5. The molecule has 1 aliphatic carbocycles. The molecule has 2 aliphatic rings. The fourth-order valence-electron chi connectivity index (χ4n) is 3.20. The summed E-state index contributed by atoms with van der Waals surface area (Å²) in [6.07, 6.45) is 7.14. The number of rotatable bonds is 7. The van der Waals surface area contributed by atoms with Crippen LogP contribution in [0.5, 0.6) is 0 Å². The third-order valence-corrected chi connectivity index (χ3v) is 5.12. The van der Waals surface area contributed by atoms with Gasteiger partial charge in [-0.1, -0.05) is 12.1 Å². The lowest BCUT2D eigenvalue weighted by molar-refractivity contribution is -0.116. The third kappa shape index (κ3) is 5.67. The summed E-state index contributed by atoms with van der Waals surface area (Å²) in [5.41, 5.74) is 2.50. The average Bonchev–Trinajstić information content (AvgIpc) is 3.61. The second-order valence-electron chi connectivity index (χ2n) is 7.54. The van der Waals surface area contributed by atoms with E-state index in [2.05, 4.69) is 20.5 Å².